The topological polar surface area (TPSA) is 167 Å². The number of amides is 1. The summed E-state index contributed by atoms with van der Waals surface area (Å²) in [4.78, 5) is 11.8. The molecule has 1 aliphatic rings. The highest BCUT2D eigenvalue weighted by atomic mass is 16.6. The van der Waals surface area contributed by atoms with E-state index in [1.54, 1.807) is 45.9 Å². The van der Waals surface area contributed by atoms with Crippen molar-refractivity contribution in [3.8, 4) is 17.9 Å². The molecular weight excluding hydrogens is 482 g/mol. The van der Waals surface area contributed by atoms with E-state index >= 15 is 0 Å². The first kappa shape index (κ1) is 30.0. The molecule has 9 nitrogen and oxygen atoms in total. The highest BCUT2D eigenvalue weighted by Crippen LogP contribution is 2.50. The van der Waals surface area contributed by atoms with Gasteiger partial charge < -0.3 is 36.8 Å². The molecule has 7 N–H and O–H groups in total. The van der Waals surface area contributed by atoms with Crippen molar-refractivity contribution in [2.45, 2.75) is 65.6 Å². The maximum absolute atomic E-state index is 11.8. The molecule has 1 aromatic rings. The van der Waals surface area contributed by atoms with Crippen molar-refractivity contribution in [1.29, 1.82) is 10.7 Å². The van der Waals surface area contributed by atoms with Gasteiger partial charge >= 0.3 is 6.09 Å². The summed E-state index contributed by atoms with van der Waals surface area (Å²) in [7, 11) is 0. The molecule has 0 fully saturated rings. The number of hydrogen-bond donors (Lipinski definition) is 5. The second kappa shape index (κ2) is 11.9. The third-order valence-corrected chi connectivity index (χ3v) is 5.96. The smallest absolute Gasteiger partial charge is 0.407 e. The Balaban J connectivity index is 2.51. The van der Waals surface area contributed by atoms with E-state index in [9.17, 15) is 15.2 Å². The van der Waals surface area contributed by atoms with Gasteiger partial charge in [0.05, 0.1) is 12.0 Å². The number of alkyl carbamates (subject to hydrolysis) is 1. The van der Waals surface area contributed by atoms with E-state index < -0.39 is 17.1 Å². The first-order chi connectivity index (χ1) is 17.7. The summed E-state index contributed by atoms with van der Waals surface area (Å²) >= 11 is 0. The molecular formula is C29H37N5O4. The Morgan fingerprint density at radius 3 is 2.47 bits per heavy atom. The van der Waals surface area contributed by atoms with Crippen LogP contribution in [0.1, 0.15) is 64.7 Å². The number of benzene rings is 1. The van der Waals surface area contributed by atoms with Crippen molar-refractivity contribution in [3.05, 3.63) is 70.0 Å². The van der Waals surface area contributed by atoms with Gasteiger partial charge in [0.25, 0.3) is 0 Å². The molecule has 1 heterocycles. The monoisotopic (exact) mass is 519 g/mol. The van der Waals surface area contributed by atoms with Crippen molar-refractivity contribution in [2.24, 2.45) is 17.4 Å². The Hall–Kier alpha value is -4.21. The maximum atomic E-state index is 11.8. The molecule has 0 saturated heterocycles. The molecule has 0 bridgehead atoms. The van der Waals surface area contributed by atoms with Crippen LogP contribution in [-0.2, 0) is 21.5 Å². The van der Waals surface area contributed by atoms with E-state index in [-0.39, 0.29) is 35.6 Å². The molecule has 202 valence electrons. The summed E-state index contributed by atoms with van der Waals surface area (Å²) in [5.74, 6) is 5.62. The van der Waals surface area contributed by atoms with Crippen LogP contribution in [0.5, 0.6) is 0 Å². The fourth-order valence-corrected chi connectivity index (χ4v) is 4.49. The Bertz CT molecular complexity index is 1300. The second-order valence-corrected chi connectivity index (χ2v) is 10.4. The fraction of sp³-hybridized carbons (Fsp3) is 0.414. The molecule has 0 radical (unpaired) electrons. The number of carbonyl (C=O) groups excluding carboxylic acids is 1. The standard InChI is InChI=1S/C29H37N5O4/c1-17(2)29(23(15-30)25(32)37-26(33)24(29)19(4)31)22-13-20(12-21(14-22)16-35)9-8-18(3)10-11-34-27(36)38-28(5,6)7/h12-14,17,31,35H,3,10-11,16,32-33H2,1-2,4-7H3,(H,34,36). The van der Waals surface area contributed by atoms with Gasteiger partial charge in [0.15, 0.2) is 5.88 Å². The number of aliphatic hydroxyl groups excluding tert-OH is 1. The van der Waals surface area contributed by atoms with Gasteiger partial charge in [-0.1, -0.05) is 38.3 Å². The molecule has 0 spiro atoms. The zero-order chi connectivity index (χ0) is 28.8. The zero-order valence-corrected chi connectivity index (χ0v) is 22.9. The summed E-state index contributed by atoms with van der Waals surface area (Å²) in [6, 6.07) is 7.46. The third-order valence-electron chi connectivity index (χ3n) is 5.96. The zero-order valence-electron chi connectivity index (χ0n) is 22.9. The van der Waals surface area contributed by atoms with Crippen LogP contribution >= 0.6 is 0 Å². The average molecular weight is 520 g/mol. The van der Waals surface area contributed by atoms with Gasteiger partial charge in [0.2, 0.25) is 5.88 Å². The van der Waals surface area contributed by atoms with Crippen molar-refractivity contribution < 1.29 is 19.4 Å². The van der Waals surface area contributed by atoms with Crippen LogP contribution in [0.2, 0.25) is 0 Å². The lowest BCUT2D eigenvalue weighted by Crippen LogP contribution is -2.45. The molecule has 1 unspecified atom stereocenters. The summed E-state index contributed by atoms with van der Waals surface area (Å²) in [6.07, 6.45) is -0.0976. The molecule has 0 saturated carbocycles. The van der Waals surface area contributed by atoms with Crippen molar-refractivity contribution in [1.82, 2.24) is 5.32 Å². The maximum Gasteiger partial charge on any atom is 0.407 e. The minimum Gasteiger partial charge on any atom is -0.444 e. The van der Waals surface area contributed by atoms with E-state index in [4.69, 9.17) is 26.4 Å². The number of nitrogens with two attached hydrogens (primary N) is 2. The summed E-state index contributed by atoms with van der Waals surface area (Å²) < 4.78 is 10.7. The molecule has 0 aliphatic carbocycles. The number of hydrogen-bond acceptors (Lipinski definition) is 8. The second-order valence-electron chi connectivity index (χ2n) is 10.4. The average Bonchev–Trinajstić information content (AvgIpc) is 2.80. The van der Waals surface area contributed by atoms with Crippen LogP contribution in [-0.4, -0.2) is 29.1 Å². The molecule has 1 atom stereocenters. The predicted octanol–water partition coefficient (Wildman–Crippen LogP) is 3.83. The summed E-state index contributed by atoms with van der Waals surface area (Å²) in [5.41, 5.74) is 13.5. The van der Waals surface area contributed by atoms with Gasteiger partial charge in [0, 0.05) is 23.4 Å². The molecule has 9 heteroatoms. The van der Waals surface area contributed by atoms with Crippen LogP contribution < -0.4 is 16.8 Å². The van der Waals surface area contributed by atoms with Crippen LogP contribution in [0.3, 0.4) is 0 Å². The number of nitrogens with one attached hydrogen (secondary N) is 2. The van der Waals surface area contributed by atoms with Crippen LogP contribution in [0.25, 0.3) is 0 Å². The third kappa shape index (κ3) is 6.56. The Labute approximate surface area is 224 Å². The van der Waals surface area contributed by atoms with Gasteiger partial charge in [0.1, 0.15) is 17.2 Å². The first-order valence-electron chi connectivity index (χ1n) is 12.2. The highest BCUT2D eigenvalue weighted by Gasteiger charge is 2.50. The molecule has 2 rings (SSSR count). The lowest BCUT2D eigenvalue weighted by Gasteiger charge is -2.43. The number of aliphatic hydroxyl groups is 1. The summed E-state index contributed by atoms with van der Waals surface area (Å²) in [6.45, 7) is 14.8. The van der Waals surface area contributed by atoms with E-state index in [0.717, 1.165) is 0 Å². The van der Waals surface area contributed by atoms with Gasteiger partial charge in [-0.15, -0.1) is 0 Å². The fourth-order valence-electron chi connectivity index (χ4n) is 4.49. The van der Waals surface area contributed by atoms with Crippen LogP contribution in [0.15, 0.2) is 53.3 Å². The normalized spacial score (nSPS) is 17.2. The number of allylic oxidation sites excluding steroid dienone is 2. The number of ether oxygens (including phenoxy) is 2. The van der Waals surface area contributed by atoms with Gasteiger partial charge in [-0.25, -0.2) is 4.79 Å². The molecule has 38 heavy (non-hydrogen) atoms. The molecule has 0 aromatic heterocycles. The Kier molecular flexibility index (Phi) is 9.39. The van der Waals surface area contributed by atoms with Crippen molar-refractivity contribution in [3.63, 3.8) is 0 Å². The van der Waals surface area contributed by atoms with E-state index in [1.165, 1.54) is 0 Å². The molecule has 1 aromatic carbocycles. The van der Waals surface area contributed by atoms with Crippen LogP contribution in [0, 0.1) is 34.5 Å². The minimum absolute atomic E-state index is 0.0457. The van der Waals surface area contributed by atoms with Crippen LogP contribution in [0.4, 0.5) is 4.79 Å². The van der Waals surface area contributed by atoms with Gasteiger partial charge in [-0.3, -0.25) is 0 Å². The van der Waals surface area contributed by atoms with E-state index in [1.807, 2.05) is 13.8 Å². The number of nitrogens with zero attached hydrogens (tertiary/aromatic N) is 1. The number of nitriles is 1. The minimum atomic E-state index is -1.19. The predicted molar refractivity (Wildman–Crippen MR) is 146 cm³/mol. The highest BCUT2D eigenvalue weighted by molar-refractivity contribution is 6.00. The Morgan fingerprint density at radius 2 is 1.95 bits per heavy atom. The SMILES string of the molecule is C=C(C#Cc1cc(CO)cc(C2(C(C)C)C(C#N)=C(N)OC(N)=C2C(C)=N)c1)CCNC(=O)OC(C)(C)C. The van der Waals surface area contributed by atoms with E-state index in [0.29, 0.717) is 40.8 Å². The molecule has 1 amide bonds. The van der Waals surface area contributed by atoms with E-state index in [2.05, 4.69) is 29.8 Å². The first-order valence-corrected chi connectivity index (χ1v) is 12.2. The quantitative estimate of drug-likeness (QED) is 0.269. The molecule has 1 aliphatic heterocycles. The lowest BCUT2D eigenvalue weighted by atomic mass is 9.60. The number of carbonyl (C=O) groups is 1. The van der Waals surface area contributed by atoms with Crippen molar-refractivity contribution >= 4 is 11.8 Å². The largest absolute Gasteiger partial charge is 0.444 e. The Morgan fingerprint density at radius 1 is 1.29 bits per heavy atom. The van der Waals surface area contributed by atoms with Gasteiger partial charge in [-0.2, -0.15) is 5.26 Å². The summed E-state index contributed by atoms with van der Waals surface area (Å²) in [5, 5.41) is 31.3. The lowest BCUT2D eigenvalue weighted by molar-refractivity contribution is 0.0528. The number of rotatable bonds is 7. The van der Waals surface area contributed by atoms with Gasteiger partial charge in [-0.05, 0) is 68.9 Å². The van der Waals surface area contributed by atoms with Crippen molar-refractivity contribution in [2.75, 3.05) is 6.54 Å².